The highest BCUT2D eigenvalue weighted by Gasteiger charge is 2.34. The standard InChI is InChI=1S/C22H31N3O5/c1-6-20(28)24(5)12-19-14(2)11-25(15(3)13-26)22(29)18-9-17(8-7-16(4)27)10-23-21(18)30-19/h9-10,14-16,19,26-27H,6,11-13H2,1-5H3/t14-,15+,16-,19-/m0/s1. The molecule has 164 valence electrons. The van der Waals surface area contributed by atoms with Crippen molar-refractivity contribution in [3.63, 3.8) is 0 Å². The average molecular weight is 418 g/mol. The van der Waals surface area contributed by atoms with Crippen LogP contribution in [0.3, 0.4) is 0 Å². The van der Waals surface area contributed by atoms with E-state index in [9.17, 15) is 19.8 Å². The lowest BCUT2D eigenvalue weighted by molar-refractivity contribution is -0.131. The van der Waals surface area contributed by atoms with Crippen molar-refractivity contribution in [3.05, 3.63) is 23.4 Å². The molecule has 0 bridgehead atoms. The van der Waals surface area contributed by atoms with Crippen LogP contribution in [0, 0.1) is 17.8 Å². The first-order valence-corrected chi connectivity index (χ1v) is 10.2. The number of likely N-dealkylation sites (N-methyl/N-ethyl adjacent to an activating group) is 1. The predicted octanol–water partition coefficient (Wildman–Crippen LogP) is 0.902. The number of nitrogens with zero attached hydrogens (tertiary/aromatic N) is 3. The van der Waals surface area contributed by atoms with Crippen molar-refractivity contribution >= 4 is 11.8 Å². The summed E-state index contributed by atoms with van der Waals surface area (Å²) in [5.41, 5.74) is 0.723. The number of carbonyl (C=O) groups is 2. The second-order valence-corrected chi connectivity index (χ2v) is 7.77. The Morgan fingerprint density at radius 3 is 2.77 bits per heavy atom. The van der Waals surface area contributed by atoms with Gasteiger partial charge in [0.1, 0.15) is 17.8 Å². The Morgan fingerprint density at radius 1 is 1.47 bits per heavy atom. The normalized spacial score (nSPS) is 20.6. The number of aliphatic hydroxyl groups excluding tert-OH is 2. The van der Waals surface area contributed by atoms with Crippen molar-refractivity contribution in [2.24, 2.45) is 5.92 Å². The molecule has 1 aromatic rings. The Balaban J connectivity index is 2.47. The van der Waals surface area contributed by atoms with Crippen molar-refractivity contribution in [1.82, 2.24) is 14.8 Å². The molecule has 0 radical (unpaired) electrons. The lowest BCUT2D eigenvalue weighted by atomic mass is 10.00. The molecule has 2 heterocycles. The summed E-state index contributed by atoms with van der Waals surface area (Å²) in [6.07, 6.45) is 0.699. The Kier molecular flexibility index (Phi) is 8.21. The monoisotopic (exact) mass is 417 g/mol. The van der Waals surface area contributed by atoms with E-state index in [0.29, 0.717) is 25.1 Å². The van der Waals surface area contributed by atoms with Gasteiger partial charge in [-0.25, -0.2) is 4.98 Å². The number of rotatable bonds is 5. The van der Waals surface area contributed by atoms with Crippen LogP contribution in [-0.2, 0) is 4.79 Å². The van der Waals surface area contributed by atoms with E-state index in [1.165, 1.54) is 6.20 Å². The van der Waals surface area contributed by atoms with Crippen LogP contribution < -0.4 is 4.74 Å². The molecule has 0 aromatic carbocycles. The third-order valence-electron chi connectivity index (χ3n) is 5.13. The van der Waals surface area contributed by atoms with Gasteiger partial charge in [0.2, 0.25) is 11.8 Å². The van der Waals surface area contributed by atoms with Crippen molar-refractivity contribution in [2.75, 3.05) is 26.7 Å². The molecule has 0 saturated carbocycles. The Hall–Kier alpha value is -2.63. The predicted molar refractivity (Wildman–Crippen MR) is 112 cm³/mol. The topological polar surface area (TPSA) is 103 Å². The molecule has 8 nitrogen and oxygen atoms in total. The molecule has 0 aliphatic carbocycles. The highest BCUT2D eigenvalue weighted by atomic mass is 16.5. The molecule has 2 amide bonds. The van der Waals surface area contributed by atoms with Crippen LogP contribution in [0.25, 0.3) is 0 Å². The zero-order valence-electron chi connectivity index (χ0n) is 18.3. The first-order chi connectivity index (χ1) is 14.2. The molecule has 0 saturated heterocycles. The quantitative estimate of drug-likeness (QED) is 0.690. The van der Waals surface area contributed by atoms with E-state index in [1.807, 2.05) is 6.92 Å². The largest absolute Gasteiger partial charge is 0.472 e. The van der Waals surface area contributed by atoms with Gasteiger partial charge in [-0.1, -0.05) is 25.7 Å². The number of fused-ring (bicyclic) bond motifs is 1. The SMILES string of the molecule is CCC(=O)N(C)C[C@@H]1Oc2ncc(C#C[C@H](C)O)cc2C(=O)N([C@H](C)CO)C[C@@H]1C. The van der Waals surface area contributed by atoms with E-state index in [1.54, 1.807) is 43.7 Å². The molecule has 2 N–H and O–H groups in total. The number of aromatic nitrogens is 1. The maximum absolute atomic E-state index is 13.2. The van der Waals surface area contributed by atoms with Gasteiger partial charge in [0, 0.05) is 37.7 Å². The van der Waals surface area contributed by atoms with Crippen molar-refractivity contribution in [2.45, 2.75) is 52.4 Å². The Morgan fingerprint density at radius 2 is 2.17 bits per heavy atom. The average Bonchev–Trinajstić information content (AvgIpc) is 2.73. The second-order valence-electron chi connectivity index (χ2n) is 7.77. The van der Waals surface area contributed by atoms with Crippen LogP contribution in [-0.4, -0.2) is 81.8 Å². The second kappa shape index (κ2) is 10.4. The summed E-state index contributed by atoms with van der Waals surface area (Å²) in [5, 5.41) is 19.1. The number of pyridine rings is 1. The Labute approximate surface area is 177 Å². The fourth-order valence-corrected chi connectivity index (χ4v) is 3.22. The van der Waals surface area contributed by atoms with Crippen molar-refractivity contribution in [1.29, 1.82) is 0 Å². The molecule has 0 fully saturated rings. The van der Waals surface area contributed by atoms with Crippen molar-refractivity contribution in [3.8, 4) is 17.7 Å². The molecule has 0 unspecified atom stereocenters. The van der Waals surface area contributed by atoms with E-state index in [4.69, 9.17) is 4.74 Å². The molecule has 30 heavy (non-hydrogen) atoms. The maximum Gasteiger partial charge on any atom is 0.259 e. The van der Waals surface area contributed by atoms with Gasteiger partial charge in [-0.05, 0) is 19.9 Å². The zero-order chi connectivity index (χ0) is 22.4. The van der Waals surface area contributed by atoms with Crippen LogP contribution in [0.15, 0.2) is 12.3 Å². The summed E-state index contributed by atoms with van der Waals surface area (Å²) in [4.78, 5) is 32.8. The van der Waals surface area contributed by atoms with E-state index in [-0.39, 0.29) is 41.9 Å². The molecular formula is C22H31N3O5. The minimum absolute atomic E-state index is 0.00134. The van der Waals surface area contributed by atoms with Gasteiger partial charge in [0.05, 0.1) is 19.2 Å². The third-order valence-corrected chi connectivity index (χ3v) is 5.13. The highest BCUT2D eigenvalue weighted by molar-refractivity contribution is 5.97. The van der Waals surface area contributed by atoms with Gasteiger partial charge >= 0.3 is 0 Å². The highest BCUT2D eigenvalue weighted by Crippen LogP contribution is 2.27. The maximum atomic E-state index is 13.2. The Bertz CT molecular complexity index is 830. The summed E-state index contributed by atoms with van der Waals surface area (Å²) in [6, 6.07) is 1.19. The number of hydrogen-bond donors (Lipinski definition) is 2. The van der Waals surface area contributed by atoms with E-state index in [0.717, 1.165) is 0 Å². The lowest BCUT2D eigenvalue weighted by Gasteiger charge is -2.37. The molecule has 1 aliphatic rings. The molecule has 2 rings (SSSR count). The minimum atomic E-state index is -0.804. The fourth-order valence-electron chi connectivity index (χ4n) is 3.22. The number of carbonyl (C=O) groups excluding carboxylic acids is 2. The van der Waals surface area contributed by atoms with Crippen LogP contribution in [0.2, 0.25) is 0 Å². The van der Waals surface area contributed by atoms with Gasteiger partial charge < -0.3 is 24.7 Å². The van der Waals surface area contributed by atoms with Crippen LogP contribution in [0.1, 0.15) is 50.0 Å². The zero-order valence-corrected chi connectivity index (χ0v) is 18.3. The molecule has 1 aromatic heterocycles. The molecule has 8 heteroatoms. The van der Waals surface area contributed by atoms with E-state index >= 15 is 0 Å². The molecule has 1 aliphatic heterocycles. The summed E-state index contributed by atoms with van der Waals surface area (Å²) >= 11 is 0. The summed E-state index contributed by atoms with van der Waals surface area (Å²) in [6.45, 7) is 7.62. The van der Waals surface area contributed by atoms with Crippen LogP contribution >= 0.6 is 0 Å². The molecular weight excluding hydrogens is 386 g/mol. The van der Waals surface area contributed by atoms with Crippen molar-refractivity contribution < 1.29 is 24.5 Å². The van der Waals surface area contributed by atoms with Crippen LogP contribution in [0.4, 0.5) is 0 Å². The van der Waals surface area contributed by atoms with E-state index in [2.05, 4.69) is 16.8 Å². The first-order valence-electron chi connectivity index (χ1n) is 10.2. The summed E-state index contributed by atoms with van der Waals surface area (Å²) in [5.74, 6) is 5.20. The van der Waals surface area contributed by atoms with Gasteiger partial charge in [0.25, 0.3) is 5.91 Å². The fraction of sp³-hybridized carbons (Fsp3) is 0.591. The van der Waals surface area contributed by atoms with Gasteiger partial charge in [-0.3, -0.25) is 9.59 Å². The first kappa shape index (κ1) is 23.6. The number of ether oxygens (including phenoxy) is 1. The third kappa shape index (κ3) is 5.71. The van der Waals surface area contributed by atoms with Gasteiger partial charge in [0.15, 0.2) is 0 Å². The van der Waals surface area contributed by atoms with Crippen LogP contribution in [0.5, 0.6) is 5.88 Å². The van der Waals surface area contributed by atoms with Gasteiger partial charge in [-0.15, -0.1) is 0 Å². The summed E-state index contributed by atoms with van der Waals surface area (Å²) < 4.78 is 6.11. The number of aliphatic hydroxyl groups is 2. The minimum Gasteiger partial charge on any atom is -0.472 e. The summed E-state index contributed by atoms with van der Waals surface area (Å²) in [7, 11) is 1.73. The molecule has 4 atom stereocenters. The number of hydrogen-bond acceptors (Lipinski definition) is 6. The smallest absolute Gasteiger partial charge is 0.259 e. The number of amides is 2. The van der Waals surface area contributed by atoms with E-state index < -0.39 is 12.1 Å². The molecule has 0 spiro atoms. The van der Waals surface area contributed by atoms with Gasteiger partial charge in [-0.2, -0.15) is 0 Å². The lowest BCUT2D eigenvalue weighted by Crippen LogP contribution is -2.50.